The molecule has 17 heavy (non-hydrogen) atoms. The van der Waals surface area contributed by atoms with Gasteiger partial charge < -0.3 is 4.55 Å². The molecule has 1 aromatic rings. The van der Waals surface area contributed by atoms with Crippen molar-refractivity contribution in [3.8, 4) is 0 Å². The molecule has 0 amide bonds. The Morgan fingerprint density at radius 2 is 1.29 bits per heavy atom. The fraction of sp³-hybridized carbons (Fsp3) is 0.500. The number of rotatable bonds is 3. The van der Waals surface area contributed by atoms with Crippen LogP contribution in [0.5, 0.6) is 0 Å². The van der Waals surface area contributed by atoms with Crippen molar-refractivity contribution in [3.05, 3.63) is 29.3 Å². The molecule has 0 aliphatic carbocycles. The average molecular weight is 264 g/mol. The van der Waals surface area contributed by atoms with Gasteiger partial charge in [-0.1, -0.05) is 33.8 Å². The fourth-order valence-corrected chi connectivity index (χ4v) is 2.02. The summed E-state index contributed by atoms with van der Waals surface area (Å²) in [5.74, 6) is 0.415. The summed E-state index contributed by atoms with van der Waals surface area (Å²) in [6, 6.07) is 4.90. The van der Waals surface area contributed by atoms with E-state index in [4.69, 9.17) is 0 Å². The van der Waals surface area contributed by atoms with Gasteiger partial charge in [-0.3, -0.25) is 0 Å². The molecule has 0 radical (unpaired) electrons. The van der Waals surface area contributed by atoms with Crippen molar-refractivity contribution in [2.24, 2.45) is 0 Å². The maximum absolute atomic E-state index is 11.0. The van der Waals surface area contributed by atoms with E-state index in [0.29, 0.717) is 0 Å². The maximum Gasteiger partial charge on any atom is 1.00 e. The van der Waals surface area contributed by atoms with Crippen LogP contribution in [0.3, 0.4) is 0 Å². The first kappa shape index (κ1) is 17.1. The smallest absolute Gasteiger partial charge is 0.744 e. The molecule has 0 atom stereocenters. The molecule has 5 heteroatoms. The third-order valence-electron chi connectivity index (χ3n) is 2.57. The van der Waals surface area contributed by atoms with Crippen LogP contribution in [-0.2, 0) is 10.1 Å². The molecule has 1 aromatic carbocycles. The standard InChI is InChI=1S/C12H18O3S.Na/c1-8(2)10-5-11(9(3)4)7-12(6-10)16(13,14)15;/h5-9H,1-4H3,(H,13,14,15);/q;+1/p-1. The summed E-state index contributed by atoms with van der Waals surface area (Å²) in [5, 5.41) is 0. The van der Waals surface area contributed by atoms with E-state index in [2.05, 4.69) is 0 Å². The Morgan fingerprint density at radius 3 is 1.53 bits per heavy atom. The van der Waals surface area contributed by atoms with Crippen LogP contribution < -0.4 is 29.6 Å². The summed E-state index contributed by atoms with van der Waals surface area (Å²) >= 11 is 0. The van der Waals surface area contributed by atoms with Crippen LogP contribution in [0.2, 0.25) is 0 Å². The SMILES string of the molecule is CC(C)c1cc(C(C)C)cc(S(=O)(=O)[O-])c1.[Na+]. The van der Waals surface area contributed by atoms with E-state index in [9.17, 15) is 13.0 Å². The second kappa shape index (κ2) is 6.34. The van der Waals surface area contributed by atoms with Crippen LogP contribution in [0.25, 0.3) is 0 Å². The molecule has 0 aliphatic rings. The largest absolute Gasteiger partial charge is 1.00 e. The number of benzene rings is 1. The number of hydrogen-bond acceptors (Lipinski definition) is 3. The predicted octanol–water partition coefficient (Wildman–Crippen LogP) is -0.158. The monoisotopic (exact) mass is 264 g/mol. The van der Waals surface area contributed by atoms with Crippen molar-refractivity contribution >= 4 is 10.1 Å². The zero-order chi connectivity index (χ0) is 12.5. The minimum absolute atomic E-state index is 0. The van der Waals surface area contributed by atoms with Gasteiger partial charge in [-0.15, -0.1) is 0 Å². The van der Waals surface area contributed by atoms with E-state index in [0.717, 1.165) is 11.1 Å². The quantitative estimate of drug-likeness (QED) is 0.563. The molecule has 0 unspecified atom stereocenters. The molecule has 0 heterocycles. The first-order chi connectivity index (χ1) is 7.21. The molecule has 0 fully saturated rings. The van der Waals surface area contributed by atoms with Gasteiger partial charge in [0.25, 0.3) is 0 Å². The molecular weight excluding hydrogens is 247 g/mol. The van der Waals surface area contributed by atoms with Gasteiger partial charge in [-0.05, 0) is 35.1 Å². The Balaban J connectivity index is 0.00000256. The third kappa shape index (κ3) is 4.72. The van der Waals surface area contributed by atoms with Crippen LogP contribution in [0.4, 0.5) is 0 Å². The van der Waals surface area contributed by atoms with E-state index in [1.165, 1.54) is 12.1 Å². The Hall–Kier alpha value is 0.130. The zero-order valence-electron chi connectivity index (χ0n) is 11.0. The van der Waals surface area contributed by atoms with Crippen molar-refractivity contribution < 1.29 is 42.5 Å². The van der Waals surface area contributed by atoms with Crippen LogP contribution in [0.15, 0.2) is 23.1 Å². The van der Waals surface area contributed by atoms with Crippen molar-refractivity contribution in [1.29, 1.82) is 0 Å². The van der Waals surface area contributed by atoms with Crippen molar-refractivity contribution in [1.82, 2.24) is 0 Å². The summed E-state index contributed by atoms with van der Waals surface area (Å²) in [6.45, 7) is 7.89. The van der Waals surface area contributed by atoms with E-state index in [1.807, 2.05) is 33.8 Å². The minimum Gasteiger partial charge on any atom is -0.744 e. The molecule has 0 aromatic heterocycles. The summed E-state index contributed by atoms with van der Waals surface area (Å²) in [7, 11) is -4.36. The van der Waals surface area contributed by atoms with E-state index in [-0.39, 0.29) is 46.3 Å². The van der Waals surface area contributed by atoms with Crippen molar-refractivity contribution in [3.63, 3.8) is 0 Å². The topological polar surface area (TPSA) is 57.2 Å². The predicted molar refractivity (Wildman–Crippen MR) is 62.6 cm³/mol. The molecule has 0 saturated carbocycles. The summed E-state index contributed by atoms with van der Waals surface area (Å²) in [6.07, 6.45) is 0. The van der Waals surface area contributed by atoms with Gasteiger partial charge in [0.15, 0.2) is 0 Å². The minimum atomic E-state index is -4.36. The second-order valence-corrected chi connectivity index (χ2v) is 5.98. The molecule has 0 aliphatic heterocycles. The Bertz CT molecular complexity index is 452. The van der Waals surface area contributed by atoms with Crippen molar-refractivity contribution in [2.75, 3.05) is 0 Å². The molecule has 0 spiro atoms. The van der Waals surface area contributed by atoms with E-state index < -0.39 is 10.1 Å². The van der Waals surface area contributed by atoms with Gasteiger partial charge in [0, 0.05) is 0 Å². The molecule has 0 N–H and O–H groups in total. The van der Waals surface area contributed by atoms with Gasteiger partial charge >= 0.3 is 29.6 Å². The first-order valence-corrected chi connectivity index (χ1v) is 6.73. The molecule has 3 nitrogen and oxygen atoms in total. The fourth-order valence-electron chi connectivity index (χ4n) is 1.46. The molecule has 90 valence electrons. The Morgan fingerprint density at radius 1 is 0.941 bits per heavy atom. The summed E-state index contributed by atoms with van der Waals surface area (Å²) in [4.78, 5) is -0.123. The first-order valence-electron chi connectivity index (χ1n) is 5.32. The Kier molecular flexibility index (Phi) is 6.39. The van der Waals surface area contributed by atoms with Crippen LogP contribution in [-0.4, -0.2) is 13.0 Å². The molecule has 1 rings (SSSR count). The molecular formula is C12H17NaO3S. The molecule has 0 saturated heterocycles. The molecule has 0 bridgehead atoms. The van der Waals surface area contributed by atoms with Gasteiger partial charge in [0.1, 0.15) is 10.1 Å². The average Bonchev–Trinajstić information content (AvgIpc) is 2.15. The zero-order valence-corrected chi connectivity index (χ0v) is 13.8. The van der Waals surface area contributed by atoms with Crippen LogP contribution in [0.1, 0.15) is 50.7 Å². The van der Waals surface area contributed by atoms with Crippen molar-refractivity contribution in [2.45, 2.75) is 44.4 Å². The van der Waals surface area contributed by atoms with E-state index in [1.54, 1.807) is 0 Å². The second-order valence-electron chi connectivity index (χ2n) is 4.60. The van der Waals surface area contributed by atoms with Gasteiger partial charge in [-0.25, -0.2) is 8.42 Å². The van der Waals surface area contributed by atoms with Gasteiger partial charge in [-0.2, -0.15) is 0 Å². The number of hydrogen-bond donors (Lipinski definition) is 0. The van der Waals surface area contributed by atoms with Crippen LogP contribution in [0, 0.1) is 0 Å². The third-order valence-corrected chi connectivity index (χ3v) is 3.39. The van der Waals surface area contributed by atoms with Gasteiger partial charge in [0.05, 0.1) is 4.90 Å². The van der Waals surface area contributed by atoms with Crippen LogP contribution >= 0.6 is 0 Å². The van der Waals surface area contributed by atoms with E-state index >= 15 is 0 Å². The Labute approximate surface area is 126 Å². The summed E-state index contributed by atoms with van der Waals surface area (Å²) < 4.78 is 33.1. The summed E-state index contributed by atoms with van der Waals surface area (Å²) in [5.41, 5.74) is 1.78. The maximum atomic E-state index is 11.0. The normalized spacial score (nSPS) is 11.7. The van der Waals surface area contributed by atoms with Gasteiger partial charge in [0.2, 0.25) is 0 Å².